The van der Waals surface area contributed by atoms with Gasteiger partial charge in [-0.25, -0.2) is 0 Å². The molecule has 6 nitrogen and oxygen atoms in total. The quantitative estimate of drug-likeness (QED) is 0.775. The molecule has 0 bridgehead atoms. The average Bonchev–Trinajstić information content (AvgIpc) is 2.68. The van der Waals surface area contributed by atoms with Gasteiger partial charge in [-0.05, 0) is 11.6 Å². The number of esters is 2. The molecular weight excluding hydrogens is 274 g/mol. The number of carbonyl (C=O) groups excluding carboxylic acids is 3. The third-order valence-electron chi connectivity index (χ3n) is 3.69. The van der Waals surface area contributed by atoms with Crippen LogP contribution in [0.4, 0.5) is 5.69 Å². The van der Waals surface area contributed by atoms with Crippen LogP contribution in [0, 0.1) is 0 Å². The van der Waals surface area contributed by atoms with Gasteiger partial charge < -0.3 is 14.4 Å². The van der Waals surface area contributed by atoms with E-state index in [2.05, 4.69) is 0 Å². The van der Waals surface area contributed by atoms with Crippen LogP contribution in [0.15, 0.2) is 24.3 Å². The number of nitrogens with zero attached hydrogens (tertiary/aromatic N) is 1. The molecule has 2 rings (SSSR count). The number of anilines is 1. The van der Waals surface area contributed by atoms with Crippen LogP contribution in [0.25, 0.3) is 0 Å². The number of likely N-dealkylation sites (N-methyl/N-ethyl adjacent to an activating group) is 1. The molecule has 112 valence electrons. The zero-order chi connectivity index (χ0) is 15.6. The minimum absolute atomic E-state index is 0.170. The van der Waals surface area contributed by atoms with E-state index in [0.717, 1.165) is 0 Å². The predicted molar refractivity (Wildman–Crippen MR) is 74.8 cm³/mol. The maximum Gasteiger partial charge on any atom is 0.307 e. The van der Waals surface area contributed by atoms with E-state index in [4.69, 9.17) is 9.47 Å². The summed E-state index contributed by atoms with van der Waals surface area (Å²) in [5.41, 5.74) is 0.159. The number of ether oxygens (including phenoxy) is 2. The summed E-state index contributed by atoms with van der Waals surface area (Å²) in [7, 11) is 2.89. The molecule has 1 unspecified atom stereocenters. The second-order valence-electron chi connectivity index (χ2n) is 5.00. The molecule has 0 spiro atoms. The highest BCUT2D eigenvalue weighted by Crippen LogP contribution is 2.43. The number of hydrogen-bond donors (Lipinski definition) is 0. The lowest BCUT2D eigenvalue weighted by Crippen LogP contribution is -2.44. The Labute approximate surface area is 122 Å². The zero-order valence-electron chi connectivity index (χ0n) is 12.2. The lowest BCUT2D eigenvalue weighted by Gasteiger charge is -2.26. The van der Waals surface area contributed by atoms with Crippen molar-refractivity contribution in [1.82, 2.24) is 0 Å². The van der Waals surface area contributed by atoms with Crippen molar-refractivity contribution in [2.75, 3.05) is 25.7 Å². The van der Waals surface area contributed by atoms with Crippen LogP contribution in [-0.2, 0) is 29.3 Å². The van der Waals surface area contributed by atoms with Gasteiger partial charge in [0, 0.05) is 19.7 Å². The normalized spacial score (nSPS) is 20.1. The van der Waals surface area contributed by atoms with Crippen LogP contribution >= 0.6 is 0 Å². The Bertz CT molecular complexity index is 597. The number of rotatable bonds is 4. The van der Waals surface area contributed by atoms with Gasteiger partial charge in [0.15, 0.2) is 0 Å². The Hall–Kier alpha value is -2.37. The minimum atomic E-state index is -1.22. The average molecular weight is 291 g/mol. The first-order valence-electron chi connectivity index (χ1n) is 6.50. The van der Waals surface area contributed by atoms with Gasteiger partial charge in [0.05, 0.1) is 13.5 Å². The van der Waals surface area contributed by atoms with Crippen LogP contribution in [0.5, 0.6) is 0 Å². The van der Waals surface area contributed by atoms with Gasteiger partial charge in [-0.2, -0.15) is 0 Å². The standard InChI is InChI=1S/C15H17NO5/c1-10(17)21-9-15(8-13(18)20-3)11-6-4-5-7-12(11)16(2)14(15)19/h4-7H,8-9H2,1-3H3. The third-order valence-corrected chi connectivity index (χ3v) is 3.69. The Morgan fingerprint density at radius 3 is 2.57 bits per heavy atom. The van der Waals surface area contributed by atoms with Crippen LogP contribution in [0.2, 0.25) is 0 Å². The highest BCUT2D eigenvalue weighted by Gasteiger charge is 2.52. The van der Waals surface area contributed by atoms with Crippen molar-refractivity contribution >= 4 is 23.5 Å². The Morgan fingerprint density at radius 2 is 1.95 bits per heavy atom. The van der Waals surface area contributed by atoms with Gasteiger partial charge in [-0.1, -0.05) is 18.2 Å². The lowest BCUT2D eigenvalue weighted by atomic mass is 9.79. The van der Waals surface area contributed by atoms with Crippen molar-refractivity contribution in [1.29, 1.82) is 0 Å². The van der Waals surface area contributed by atoms with Crippen LogP contribution < -0.4 is 4.90 Å². The van der Waals surface area contributed by atoms with Crippen molar-refractivity contribution in [2.24, 2.45) is 0 Å². The third kappa shape index (κ3) is 2.49. The molecule has 0 saturated heterocycles. The molecule has 1 heterocycles. The molecule has 21 heavy (non-hydrogen) atoms. The molecule has 1 aromatic rings. The van der Waals surface area contributed by atoms with Crippen LogP contribution in [0.3, 0.4) is 0 Å². The number of para-hydroxylation sites is 1. The summed E-state index contributed by atoms with van der Waals surface area (Å²) in [6, 6.07) is 7.15. The molecule has 1 aliphatic rings. The van der Waals surface area contributed by atoms with Gasteiger partial charge in [-0.15, -0.1) is 0 Å². The summed E-state index contributed by atoms with van der Waals surface area (Å²) in [6.07, 6.45) is -0.170. The Balaban J connectivity index is 2.50. The topological polar surface area (TPSA) is 72.9 Å². The van der Waals surface area contributed by atoms with Crippen molar-refractivity contribution in [3.63, 3.8) is 0 Å². The van der Waals surface area contributed by atoms with E-state index in [1.54, 1.807) is 25.2 Å². The first-order chi connectivity index (χ1) is 9.92. The number of fused-ring (bicyclic) bond motifs is 1. The smallest absolute Gasteiger partial charge is 0.307 e. The van der Waals surface area contributed by atoms with Gasteiger partial charge in [0.1, 0.15) is 12.0 Å². The molecule has 6 heteroatoms. The molecule has 1 aromatic carbocycles. The second kappa shape index (κ2) is 5.55. The van der Waals surface area contributed by atoms with Gasteiger partial charge in [-0.3, -0.25) is 14.4 Å². The lowest BCUT2D eigenvalue weighted by molar-refractivity contribution is -0.150. The van der Waals surface area contributed by atoms with E-state index in [9.17, 15) is 14.4 Å². The van der Waals surface area contributed by atoms with Crippen LogP contribution in [-0.4, -0.2) is 38.6 Å². The molecule has 1 atom stereocenters. The maximum absolute atomic E-state index is 12.7. The highest BCUT2D eigenvalue weighted by atomic mass is 16.5. The number of hydrogen-bond acceptors (Lipinski definition) is 5. The summed E-state index contributed by atoms with van der Waals surface area (Å²) in [5.74, 6) is -1.31. The zero-order valence-corrected chi connectivity index (χ0v) is 12.2. The van der Waals surface area contributed by atoms with Crippen molar-refractivity contribution in [3.8, 4) is 0 Å². The Morgan fingerprint density at radius 1 is 1.29 bits per heavy atom. The molecule has 1 amide bonds. The van der Waals surface area contributed by atoms with Crippen molar-refractivity contribution in [2.45, 2.75) is 18.8 Å². The first-order valence-corrected chi connectivity index (χ1v) is 6.50. The molecule has 0 saturated carbocycles. The molecule has 0 N–H and O–H groups in total. The number of amides is 1. The molecule has 0 fully saturated rings. The molecule has 0 aromatic heterocycles. The van der Waals surface area contributed by atoms with E-state index < -0.39 is 17.4 Å². The summed E-state index contributed by atoms with van der Waals surface area (Å²) in [5, 5.41) is 0. The fourth-order valence-corrected chi connectivity index (χ4v) is 2.62. The fourth-order valence-electron chi connectivity index (χ4n) is 2.62. The van der Waals surface area contributed by atoms with Gasteiger partial charge in [0.2, 0.25) is 5.91 Å². The molecular formula is C15H17NO5. The van der Waals surface area contributed by atoms with Crippen molar-refractivity contribution < 1.29 is 23.9 Å². The van der Waals surface area contributed by atoms with E-state index in [1.165, 1.54) is 18.9 Å². The van der Waals surface area contributed by atoms with E-state index in [0.29, 0.717) is 11.3 Å². The maximum atomic E-state index is 12.7. The Kier molecular flexibility index (Phi) is 3.97. The summed E-state index contributed by atoms with van der Waals surface area (Å²) < 4.78 is 9.75. The first kappa shape index (κ1) is 15.0. The second-order valence-corrected chi connectivity index (χ2v) is 5.00. The minimum Gasteiger partial charge on any atom is -0.469 e. The van der Waals surface area contributed by atoms with E-state index in [1.807, 2.05) is 6.07 Å². The summed E-state index contributed by atoms with van der Waals surface area (Å²) >= 11 is 0. The van der Waals surface area contributed by atoms with Crippen molar-refractivity contribution in [3.05, 3.63) is 29.8 Å². The largest absolute Gasteiger partial charge is 0.469 e. The molecule has 0 radical (unpaired) electrons. The molecule has 0 aliphatic carbocycles. The highest BCUT2D eigenvalue weighted by molar-refractivity contribution is 6.09. The SMILES string of the molecule is COC(=O)CC1(COC(C)=O)C(=O)N(C)c2ccccc21. The fraction of sp³-hybridized carbons (Fsp3) is 0.400. The summed E-state index contributed by atoms with van der Waals surface area (Å²) in [6.45, 7) is 1.08. The monoisotopic (exact) mass is 291 g/mol. The van der Waals surface area contributed by atoms with E-state index >= 15 is 0 Å². The predicted octanol–water partition coefficient (Wildman–Crippen LogP) is 1.03. The van der Waals surface area contributed by atoms with Crippen LogP contribution in [0.1, 0.15) is 18.9 Å². The number of carbonyl (C=O) groups is 3. The number of methoxy groups -OCH3 is 1. The van der Waals surface area contributed by atoms with Gasteiger partial charge in [0.25, 0.3) is 0 Å². The van der Waals surface area contributed by atoms with E-state index in [-0.39, 0.29) is 18.9 Å². The molecule has 1 aliphatic heterocycles. The van der Waals surface area contributed by atoms with Gasteiger partial charge >= 0.3 is 11.9 Å². The number of benzene rings is 1. The summed E-state index contributed by atoms with van der Waals surface area (Å²) in [4.78, 5) is 37.0.